The van der Waals surface area contributed by atoms with Gasteiger partial charge in [-0.25, -0.2) is 4.39 Å². The molecule has 0 aliphatic carbocycles. The van der Waals surface area contributed by atoms with E-state index in [0.29, 0.717) is 0 Å². The summed E-state index contributed by atoms with van der Waals surface area (Å²) in [5.41, 5.74) is -0.0719. The molecule has 0 N–H and O–H groups in total. The van der Waals surface area contributed by atoms with Gasteiger partial charge in [-0.3, -0.25) is 9.59 Å². The number of carbonyl (C=O) groups is 2. The molecule has 1 rings (SSSR count). The summed E-state index contributed by atoms with van der Waals surface area (Å²) in [6.45, 7) is 5.24. The molecule has 0 atom stereocenters. The van der Waals surface area contributed by atoms with Crippen LogP contribution < -0.4 is 0 Å². The Labute approximate surface area is 126 Å². The zero-order valence-corrected chi connectivity index (χ0v) is 13.2. The van der Waals surface area contributed by atoms with E-state index in [1.165, 1.54) is 17.0 Å². The first-order valence-corrected chi connectivity index (χ1v) is 7.08. The quantitative estimate of drug-likeness (QED) is 0.770. The maximum Gasteiger partial charge on any atom is 0.325 e. The second-order valence-corrected chi connectivity index (χ2v) is 5.29. The molecule has 0 aromatic heterocycles. The lowest BCUT2D eigenvalue weighted by atomic mass is 10.1. The molecular weight excluding hydrogens is 329 g/mol. The van der Waals surface area contributed by atoms with E-state index in [4.69, 9.17) is 4.74 Å². The Morgan fingerprint density at radius 3 is 2.60 bits per heavy atom. The molecule has 0 aliphatic rings. The molecule has 1 amide bonds. The van der Waals surface area contributed by atoms with Crippen molar-refractivity contribution < 1.29 is 18.7 Å². The summed E-state index contributed by atoms with van der Waals surface area (Å²) in [6.07, 6.45) is 0. The summed E-state index contributed by atoms with van der Waals surface area (Å²) in [7, 11) is 0. The van der Waals surface area contributed by atoms with Gasteiger partial charge in [-0.1, -0.05) is 6.07 Å². The number of halogens is 2. The minimum atomic E-state index is -0.632. The third-order valence-electron chi connectivity index (χ3n) is 2.67. The van der Waals surface area contributed by atoms with Crippen LogP contribution in [0.1, 0.15) is 31.1 Å². The molecule has 0 unspecified atom stereocenters. The minimum absolute atomic E-state index is 0.0719. The smallest absolute Gasteiger partial charge is 0.325 e. The first-order chi connectivity index (χ1) is 9.38. The highest BCUT2D eigenvalue weighted by molar-refractivity contribution is 9.10. The Bertz CT molecular complexity index is 505. The van der Waals surface area contributed by atoms with Gasteiger partial charge in [-0.15, -0.1) is 0 Å². The molecule has 0 aliphatic heterocycles. The van der Waals surface area contributed by atoms with E-state index in [1.54, 1.807) is 26.8 Å². The number of carbonyl (C=O) groups excluding carboxylic acids is 2. The van der Waals surface area contributed by atoms with Crippen molar-refractivity contribution in [1.29, 1.82) is 0 Å². The van der Waals surface area contributed by atoms with Gasteiger partial charge in [0.25, 0.3) is 5.91 Å². The molecule has 0 radical (unpaired) electrons. The maximum absolute atomic E-state index is 14.0. The number of rotatable bonds is 5. The zero-order chi connectivity index (χ0) is 15.3. The van der Waals surface area contributed by atoms with Crippen molar-refractivity contribution in [2.75, 3.05) is 13.2 Å². The molecule has 1 aromatic rings. The van der Waals surface area contributed by atoms with Crippen molar-refractivity contribution in [3.8, 4) is 0 Å². The minimum Gasteiger partial charge on any atom is -0.465 e. The number of esters is 1. The molecule has 0 bridgehead atoms. The fraction of sp³-hybridized carbons (Fsp3) is 0.429. The zero-order valence-electron chi connectivity index (χ0n) is 11.7. The van der Waals surface area contributed by atoms with Crippen LogP contribution >= 0.6 is 15.9 Å². The highest BCUT2D eigenvalue weighted by Gasteiger charge is 2.25. The molecule has 0 saturated carbocycles. The second kappa shape index (κ2) is 7.38. The van der Waals surface area contributed by atoms with Crippen LogP contribution in [0.2, 0.25) is 0 Å². The van der Waals surface area contributed by atoms with Crippen molar-refractivity contribution >= 4 is 27.8 Å². The van der Waals surface area contributed by atoms with Gasteiger partial charge in [0, 0.05) is 6.04 Å². The van der Waals surface area contributed by atoms with Gasteiger partial charge in [-0.05, 0) is 48.8 Å². The van der Waals surface area contributed by atoms with Crippen LogP contribution in [-0.2, 0) is 9.53 Å². The lowest BCUT2D eigenvalue weighted by Gasteiger charge is -2.26. The summed E-state index contributed by atoms with van der Waals surface area (Å²) < 4.78 is 19.0. The maximum atomic E-state index is 14.0. The van der Waals surface area contributed by atoms with Crippen LogP contribution in [0.3, 0.4) is 0 Å². The molecular formula is C14H17BrFNO3. The molecule has 0 spiro atoms. The first kappa shape index (κ1) is 16.6. The number of benzene rings is 1. The fourth-order valence-corrected chi connectivity index (χ4v) is 2.02. The predicted octanol–water partition coefficient (Wildman–Crippen LogP) is 3.00. The Morgan fingerprint density at radius 2 is 2.05 bits per heavy atom. The third kappa shape index (κ3) is 4.03. The highest BCUT2D eigenvalue weighted by atomic mass is 79.9. The van der Waals surface area contributed by atoms with Gasteiger partial charge in [0.2, 0.25) is 0 Å². The normalized spacial score (nSPS) is 10.5. The number of ether oxygens (including phenoxy) is 1. The molecule has 0 saturated heterocycles. The van der Waals surface area contributed by atoms with Crippen LogP contribution in [0, 0.1) is 5.82 Å². The predicted molar refractivity (Wildman–Crippen MR) is 76.9 cm³/mol. The van der Waals surface area contributed by atoms with Gasteiger partial charge in [0.15, 0.2) is 0 Å². The van der Waals surface area contributed by atoms with Crippen LogP contribution in [0.5, 0.6) is 0 Å². The summed E-state index contributed by atoms with van der Waals surface area (Å²) >= 11 is 3.04. The third-order valence-corrected chi connectivity index (χ3v) is 3.28. The summed E-state index contributed by atoms with van der Waals surface area (Å²) in [4.78, 5) is 25.2. The standard InChI is InChI=1S/C14H17BrFNO3/c1-4-20-12(18)8-17(9(2)3)14(19)10-6-5-7-11(15)13(10)16/h5-7,9H,4,8H2,1-3H3. The number of nitrogens with zero attached hydrogens (tertiary/aromatic N) is 1. The first-order valence-electron chi connectivity index (χ1n) is 6.29. The van der Waals surface area contributed by atoms with Gasteiger partial charge >= 0.3 is 5.97 Å². The van der Waals surface area contributed by atoms with E-state index in [-0.39, 0.29) is 29.2 Å². The van der Waals surface area contributed by atoms with E-state index in [1.807, 2.05) is 0 Å². The van der Waals surface area contributed by atoms with Crippen LogP contribution in [0.25, 0.3) is 0 Å². The Hall–Kier alpha value is -1.43. The average Bonchev–Trinajstić information content (AvgIpc) is 2.38. The Morgan fingerprint density at radius 1 is 1.40 bits per heavy atom. The van der Waals surface area contributed by atoms with Crippen molar-refractivity contribution in [3.05, 3.63) is 34.1 Å². The summed E-state index contributed by atoms with van der Waals surface area (Å²) in [6, 6.07) is 4.23. The van der Waals surface area contributed by atoms with Gasteiger partial charge < -0.3 is 9.64 Å². The molecule has 20 heavy (non-hydrogen) atoms. The topological polar surface area (TPSA) is 46.6 Å². The van der Waals surface area contributed by atoms with E-state index >= 15 is 0 Å². The lowest BCUT2D eigenvalue weighted by molar-refractivity contribution is -0.144. The number of hydrogen-bond acceptors (Lipinski definition) is 3. The number of hydrogen-bond donors (Lipinski definition) is 0. The van der Waals surface area contributed by atoms with Gasteiger partial charge in [-0.2, -0.15) is 0 Å². The average molecular weight is 346 g/mol. The van der Waals surface area contributed by atoms with Crippen LogP contribution in [0.4, 0.5) is 4.39 Å². The van der Waals surface area contributed by atoms with Crippen molar-refractivity contribution in [3.63, 3.8) is 0 Å². The summed E-state index contributed by atoms with van der Waals surface area (Å²) in [5, 5.41) is 0. The Balaban J connectivity index is 3.00. The highest BCUT2D eigenvalue weighted by Crippen LogP contribution is 2.20. The van der Waals surface area contributed by atoms with E-state index in [9.17, 15) is 14.0 Å². The molecule has 4 nitrogen and oxygen atoms in total. The molecule has 0 fully saturated rings. The van der Waals surface area contributed by atoms with Gasteiger partial charge in [0.05, 0.1) is 16.6 Å². The van der Waals surface area contributed by atoms with Crippen molar-refractivity contribution in [1.82, 2.24) is 4.90 Å². The van der Waals surface area contributed by atoms with Crippen LogP contribution in [-0.4, -0.2) is 36.0 Å². The van der Waals surface area contributed by atoms with Crippen molar-refractivity contribution in [2.45, 2.75) is 26.8 Å². The monoisotopic (exact) mass is 345 g/mol. The second-order valence-electron chi connectivity index (χ2n) is 4.43. The molecule has 0 heterocycles. The van der Waals surface area contributed by atoms with E-state index in [2.05, 4.69) is 15.9 Å². The van der Waals surface area contributed by atoms with Crippen LogP contribution in [0.15, 0.2) is 22.7 Å². The largest absolute Gasteiger partial charge is 0.465 e. The number of amides is 1. The lowest BCUT2D eigenvalue weighted by Crippen LogP contribution is -2.41. The SMILES string of the molecule is CCOC(=O)CN(C(=O)c1cccc(Br)c1F)C(C)C. The van der Waals surface area contributed by atoms with Crippen molar-refractivity contribution in [2.24, 2.45) is 0 Å². The fourth-order valence-electron chi connectivity index (χ4n) is 1.66. The van der Waals surface area contributed by atoms with E-state index in [0.717, 1.165) is 0 Å². The summed E-state index contributed by atoms with van der Waals surface area (Å²) in [5.74, 6) is -1.68. The molecule has 110 valence electrons. The van der Waals surface area contributed by atoms with Gasteiger partial charge in [0.1, 0.15) is 12.4 Å². The molecule has 1 aromatic carbocycles. The molecule has 6 heteroatoms. The van der Waals surface area contributed by atoms with E-state index < -0.39 is 17.7 Å². The Kier molecular flexibility index (Phi) is 6.13.